The molecule has 7 nitrogen and oxygen atoms in total. The highest BCUT2D eigenvalue weighted by atomic mass is 32.1. The first-order valence-electron chi connectivity index (χ1n) is 10.9. The molecule has 8 heteroatoms. The third-order valence-electron chi connectivity index (χ3n) is 6.36. The van der Waals surface area contributed by atoms with Gasteiger partial charge in [-0.05, 0) is 73.7 Å². The summed E-state index contributed by atoms with van der Waals surface area (Å²) in [5, 5.41) is 6.94. The highest BCUT2D eigenvalue weighted by Gasteiger charge is 2.59. The van der Waals surface area contributed by atoms with Crippen LogP contribution in [0.2, 0.25) is 0 Å². The third-order valence-corrected chi connectivity index (χ3v) is 6.66. The van der Waals surface area contributed by atoms with Crippen LogP contribution in [0, 0.1) is 5.92 Å². The molecule has 3 aromatic carbocycles. The molecular formula is C26H25N3O4S. The lowest BCUT2D eigenvalue weighted by atomic mass is 9.78. The van der Waals surface area contributed by atoms with Crippen LogP contribution < -0.4 is 29.7 Å². The molecule has 34 heavy (non-hydrogen) atoms. The van der Waals surface area contributed by atoms with Crippen LogP contribution in [0.4, 0.5) is 11.4 Å². The van der Waals surface area contributed by atoms with E-state index < -0.39 is 17.7 Å². The van der Waals surface area contributed by atoms with E-state index in [1.165, 1.54) is 0 Å². The van der Waals surface area contributed by atoms with E-state index >= 15 is 0 Å². The number of hydrogen-bond donors (Lipinski definition) is 2. The van der Waals surface area contributed by atoms with Crippen molar-refractivity contribution in [3.05, 3.63) is 78.4 Å². The number of fused-ring (bicyclic) bond motifs is 4. The molecule has 3 atom stereocenters. The number of rotatable bonds is 5. The van der Waals surface area contributed by atoms with Gasteiger partial charge in [-0.2, -0.15) is 0 Å². The number of nitrogens with one attached hydrogen (secondary N) is 2. The molecule has 2 N–H and O–H groups in total. The molecule has 174 valence electrons. The number of hydrogen-bond acceptors (Lipinski definition) is 5. The predicted molar refractivity (Wildman–Crippen MR) is 135 cm³/mol. The summed E-state index contributed by atoms with van der Waals surface area (Å²) in [5.74, 6) is 1.24. The molecule has 1 amide bonds. The van der Waals surface area contributed by atoms with Gasteiger partial charge in [-0.1, -0.05) is 18.2 Å². The average molecular weight is 476 g/mol. The van der Waals surface area contributed by atoms with Crippen molar-refractivity contribution in [1.82, 2.24) is 5.32 Å². The Balaban J connectivity index is 1.59. The summed E-state index contributed by atoms with van der Waals surface area (Å²) in [5.41, 5.74) is 1.24. The number of amides is 1. The molecule has 2 aliphatic rings. The monoisotopic (exact) mass is 475 g/mol. The minimum atomic E-state index is -1.08. The molecule has 2 bridgehead atoms. The van der Waals surface area contributed by atoms with Gasteiger partial charge in [0.05, 0.1) is 20.3 Å². The number of nitrogens with zero attached hydrogens (tertiary/aromatic N) is 1. The van der Waals surface area contributed by atoms with Crippen molar-refractivity contribution >= 4 is 34.6 Å². The molecule has 0 spiro atoms. The van der Waals surface area contributed by atoms with Crippen molar-refractivity contribution in [2.45, 2.75) is 18.7 Å². The molecule has 0 unspecified atom stereocenters. The van der Waals surface area contributed by atoms with Gasteiger partial charge in [-0.15, -0.1) is 0 Å². The van der Waals surface area contributed by atoms with Crippen LogP contribution in [-0.4, -0.2) is 31.0 Å². The molecule has 2 heterocycles. The Bertz CT molecular complexity index is 1230. The van der Waals surface area contributed by atoms with Gasteiger partial charge in [0.15, 0.2) is 10.8 Å². The van der Waals surface area contributed by atoms with Crippen LogP contribution in [-0.2, 0) is 4.79 Å². The molecule has 5 rings (SSSR count). The Morgan fingerprint density at radius 1 is 1.03 bits per heavy atom. The average Bonchev–Trinajstić information content (AvgIpc) is 2.84. The fraction of sp³-hybridized carbons (Fsp3) is 0.231. The lowest BCUT2D eigenvalue weighted by molar-refractivity contribution is -0.130. The van der Waals surface area contributed by atoms with Gasteiger partial charge < -0.3 is 24.8 Å². The molecule has 0 saturated carbocycles. The number of thiocarbonyl (C=S) groups is 1. The number of benzene rings is 3. The molecule has 1 saturated heterocycles. The van der Waals surface area contributed by atoms with E-state index in [1.54, 1.807) is 26.4 Å². The predicted octanol–water partition coefficient (Wildman–Crippen LogP) is 4.50. The smallest absolute Gasteiger partial charge is 0.236 e. The number of para-hydroxylation sites is 1. The van der Waals surface area contributed by atoms with E-state index in [0.29, 0.717) is 28.0 Å². The first-order valence-corrected chi connectivity index (χ1v) is 11.3. The summed E-state index contributed by atoms with van der Waals surface area (Å²) in [7, 11) is 3.22. The van der Waals surface area contributed by atoms with Crippen molar-refractivity contribution in [3.63, 3.8) is 0 Å². The standard InChI is InChI=1S/C26H25N3O4S/c1-26-22(24(30)27-16-9-11-18(31-2)12-10-16)23(20-15-19(32-3)13-14-21(20)33-26)28-25(34)29(26)17-7-5-4-6-8-17/h4-15,22-23H,1-3H3,(H,27,30)(H,28,34)/t22-,23+,26+/m0/s1. The lowest BCUT2D eigenvalue weighted by Crippen LogP contribution is -2.72. The number of anilines is 2. The normalized spacial score (nSPS) is 22.7. The first-order chi connectivity index (χ1) is 16.4. The van der Waals surface area contributed by atoms with E-state index in [2.05, 4.69) is 10.6 Å². The van der Waals surface area contributed by atoms with Crippen LogP contribution in [0.25, 0.3) is 0 Å². The van der Waals surface area contributed by atoms with E-state index in [1.807, 2.05) is 72.5 Å². The fourth-order valence-corrected chi connectivity index (χ4v) is 5.16. The summed E-state index contributed by atoms with van der Waals surface area (Å²) in [6.45, 7) is 1.91. The summed E-state index contributed by atoms with van der Waals surface area (Å²) in [6.07, 6.45) is 0. The van der Waals surface area contributed by atoms with Crippen LogP contribution in [0.1, 0.15) is 18.5 Å². The molecular weight excluding hydrogens is 450 g/mol. The topological polar surface area (TPSA) is 72.1 Å². The molecule has 0 radical (unpaired) electrons. The van der Waals surface area contributed by atoms with Crippen molar-refractivity contribution in [3.8, 4) is 17.2 Å². The second-order valence-electron chi connectivity index (χ2n) is 8.35. The molecule has 0 aliphatic carbocycles. The van der Waals surface area contributed by atoms with Crippen molar-refractivity contribution in [2.75, 3.05) is 24.4 Å². The first kappa shape index (κ1) is 22.0. The summed E-state index contributed by atoms with van der Waals surface area (Å²) < 4.78 is 17.3. The number of ether oxygens (including phenoxy) is 3. The van der Waals surface area contributed by atoms with Crippen molar-refractivity contribution in [1.29, 1.82) is 0 Å². The van der Waals surface area contributed by atoms with Gasteiger partial charge in [0.25, 0.3) is 0 Å². The van der Waals surface area contributed by atoms with Crippen LogP contribution >= 0.6 is 12.2 Å². The molecule has 1 fully saturated rings. The maximum Gasteiger partial charge on any atom is 0.236 e. The summed E-state index contributed by atoms with van der Waals surface area (Å²) in [4.78, 5) is 15.7. The van der Waals surface area contributed by atoms with E-state index in [-0.39, 0.29) is 5.91 Å². The molecule has 0 aromatic heterocycles. The maximum atomic E-state index is 13.8. The quantitative estimate of drug-likeness (QED) is 0.527. The van der Waals surface area contributed by atoms with Gasteiger partial charge in [0.1, 0.15) is 23.2 Å². The maximum absolute atomic E-state index is 13.8. The highest BCUT2D eigenvalue weighted by molar-refractivity contribution is 7.80. The lowest BCUT2D eigenvalue weighted by Gasteiger charge is -2.56. The highest BCUT2D eigenvalue weighted by Crippen LogP contribution is 2.50. The summed E-state index contributed by atoms with van der Waals surface area (Å²) in [6, 6.07) is 22.1. The third kappa shape index (κ3) is 3.60. The Labute approximate surface area is 203 Å². The Kier molecular flexibility index (Phi) is 5.53. The Morgan fingerprint density at radius 2 is 1.71 bits per heavy atom. The van der Waals surface area contributed by atoms with Gasteiger partial charge in [-0.3, -0.25) is 9.69 Å². The second kappa shape index (κ2) is 8.53. The Morgan fingerprint density at radius 3 is 2.38 bits per heavy atom. The van der Waals surface area contributed by atoms with E-state index in [9.17, 15) is 4.79 Å². The fourth-order valence-electron chi connectivity index (χ4n) is 4.75. The van der Waals surface area contributed by atoms with Crippen molar-refractivity contribution in [2.24, 2.45) is 5.92 Å². The SMILES string of the molecule is COc1ccc(NC(=O)[C@@H]2[C@@H]3NC(=S)N(c4ccccc4)[C@]2(C)Oc2ccc(OC)cc23)cc1. The number of carbonyl (C=O) groups excluding carboxylic acids is 1. The van der Waals surface area contributed by atoms with Crippen LogP contribution in [0.3, 0.4) is 0 Å². The summed E-state index contributed by atoms with van der Waals surface area (Å²) >= 11 is 5.78. The van der Waals surface area contributed by atoms with Crippen LogP contribution in [0.15, 0.2) is 72.8 Å². The molecule has 3 aromatic rings. The zero-order chi connectivity index (χ0) is 23.9. The van der Waals surface area contributed by atoms with Gasteiger partial charge in [-0.25, -0.2) is 0 Å². The minimum Gasteiger partial charge on any atom is -0.497 e. The number of carbonyl (C=O) groups is 1. The Hall–Kier alpha value is -3.78. The minimum absolute atomic E-state index is 0.193. The molecule has 2 aliphatic heterocycles. The largest absolute Gasteiger partial charge is 0.497 e. The van der Waals surface area contributed by atoms with E-state index in [0.717, 1.165) is 11.3 Å². The van der Waals surface area contributed by atoms with Gasteiger partial charge >= 0.3 is 0 Å². The van der Waals surface area contributed by atoms with Gasteiger partial charge in [0.2, 0.25) is 5.91 Å². The van der Waals surface area contributed by atoms with Crippen molar-refractivity contribution < 1.29 is 19.0 Å². The van der Waals surface area contributed by atoms with Gasteiger partial charge in [0, 0.05) is 16.9 Å². The second-order valence-corrected chi connectivity index (χ2v) is 8.74. The number of methoxy groups -OCH3 is 2. The zero-order valence-electron chi connectivity index (χ0n) is 19.1. The van der Waals surface area contributed by atoms with Crippen LogP contribution in [0.5, 0.6) is 17.2 Å². The van der Waals surface area contributed by atoms with E-state index in [4.69, 9.17) is 26.4 Å². The zero-order valence-corrected chi connectivity index (χ0v) is 19.9.